The summed E-state index contributed by atoms with van der Waals surface area (Å²) in [4.78, 5) is 0. The second-order valence-electron chi connectivity index (χ2n) is 6.15. The average molecular weight is 277 g/mol. The Morgan fingerprint density at radius 1 is 1.15 bits per heavy atom. The molecule has 1 unspecified atom stereocenters. The maximum absolute atomic E-state index is 13.5. The summed E-state index contributed by atoms with van der Waals surface area (Å²) in [6.07, 6.45) is 9.42. The Labute approximate surface area is 123 Å². The van der Waals surface area contributed by atoms with E-state index < -0.39 is 0 Å². The van der Waals surface area contributed by atoms with Crippen molar-refractivity contribution in [1.82, 2.24) is 5.32 Å². The van der Waals surface area contributed by atoms with Crippen LogP contribution < -0.4 is 5.32 Å². The van der Waals surface area contributed by atoms with E-state index in [2.05, 4.69) is 12.2 Å². The van der Waals surface area contributed by atoms with Crippen molar-refractivity contribution in [2.75, 3.05) is 6.54 Å². The second kappa shape index (κ2) is 7.78. The second-order valence-corrected chi connectivity index (χ2v) is 6.15. The number of hydrogen-bond acceptors (Lipinski definition) is 1. The van der Waals surface area contributed by atoms with Gasteiger partial charge in [-0.2, -0.15) is 0 Å². The Bertz CT molecular complexity index is 408. The molecular formula is C18H28FN. The van der Waals surface area contributed by atoms with Crippen molar-refractivity contribution in [3.63, 3.8) is 0 Å². The number of rotatable bonds is 4. The van der Waals surface area contributed by atoms with E-state index in [0.717, 1.165) is 12.1 Å². The van der Waals surface area contributed by atoms with Crippen LogP contribution in [0.4, 0.5) is 4.39 Å². The quantitative estimate of drug-likeness (QED) is 0.803. The van der Waals surface area contributed by atoms with Crippen LogP contribution in [0.5, 0.6) is 0 Å². The SMILES string of the molecule is CCNC(c1ccc(F)c(C)c1)C1CCCCCCC1. The van der Waals surface area contributed by atoms with E-state index in [1.807, 2.05) is 19.1 Å². The fourth-order valence-electron chi connectivity index (χ4n) is 3.46. The Morgan fingerprint density at radius 3 is 2.40 bits per heavy atom. The zero-order valence-corrected chi connectivity index (χ0v) is 12.9. The monoisotopic (exact) mass is 277 g/mol. The first-order valence-corrected chi connectivity index (χ1v) is 8.21. The van der Waals surface area contributed by atoms with E-state index in [9.17, 15) is 4.39 Å². The summed E-state index contributed by atoms with van der Waals surface area (Å²) in [7, 11) is 0. The largest absolute Gasteiger partial charge is 0.310 e. The third kappa shape index (κ3) is 4.05. The molecule has 1 saturated carbocycles. The molecule has 0 spiro atoms. The molecule has 1 atom stereocenters. The number of aryl methyl sites for hydroxylation is 1. The first kappa shape index (κ1) is 15.5. The predicted molar refractivity (Wildman–Crippen MR) is 83.4 cm³/mol. The molecule has 112 valence electrons. The van der Waals surface area contributed by atoms with Gasteiger partial charge >= 0.3 is 0 Å². The third-order valence-corrected chi connectivity index (χ3v) is 4.59. The summed E-state index contributed by atoms with van der Waals surface area (Å²) in [5.41, 5.74) is 2.02. The van der Waals surface area contributed by atoms with Crippen molar-refractivity contribution in [3.05, 3.63) is 35.1 Å². The summed E-state index contributed by atoms with van der Waals surface area (Å²) in [5.74, 6) is 0.599. The lowest BCUT2D eigenvalue weighted by Gasteiger charge is -2.30. The highest BCUT2D eigenvalue weighted by Crippen LogP contribution is 2.33. The summed E-state index contributed by atoms with van der Waals surface area (Å²) < 4.78 is 13.5. The average Bonchev–Trinajstić information content (AvgIpc) is 2.40. The van der Waals surface area contributed by atoms with Crippen LogP contribution in [-0.4, -0.2) is 6.54 Å². The minimum atomic E-state index is -0.0957. The predicted octanol–water partition coefficient (Wildman–Crippen LogP) is 5.15. The van der Waals surface area contributed by atoms with E-state index in [4.69, 9.17) is 0 Å². The minimum absolute atomic E-state index is 0.0957. The van der Waals surface area contributed by atoms with Gasteiger partial charge in [-0.15, -0.1) is 0 Å². The molecule has 1 N–H and O–H groups in total. The maximum Gasteiger partial charge on any atom is 0.126 e. The van der Waals surface area contributed by atoms with Crippen molar-refractivity contribution in [1.29, 1.82) is 0 Å². The van der Waals surface area contributed by atoms with Crippen LogP contribution >= 0.6 is 0 Å². The van der Waals surface area contributed by atoms with Gasteiger partial charge in [0.15, 0.2) is 0 Å². The maximum atomic E-state index is 13.5. The molecule has 1 nitrogen and oxygen atoms in total. The van der Waals surface area contributed by atoms with Crippen molar-refractivity contribution < 1.29 is 4.39 Å². The molecule has 0 aliphatic heterocycles. The van der Waals surface area contributed by atoms with Gasteiger partial charge in [-0.05, 0) is 49.4 Å². The van der Waals surface area contributed by atoms with Gasteiger partial charge in [0.25, 0.3) is 0 Å². The molecule has 0 aromatic heterocycles. The van der Waals surface area contributed by atoms with E-state index >= 15 is 0 Å². The smallest absolute Gasteiger partial charge is 0.126 e. The van der Waals surface area contributed by atoms with Gasteiger partial charge in [0.1, 0.15) is 5.82 Å². The van der Waals surface area contributed by atoms with Gasteiger partial charge in [-0.1, -0.05) is 51.2 Å². The van der Waals surface area contributed by atoms with Gasteiger partial charge < -0.3 is 5.32 Å². The molecule has 2 rings (SSSR count). The van der Waals surface area contributed by atoms with Crippen molar-refractivity contribution >= 4 is 0 Å². The van der Waals surface area contributed by atoms with E-state index in [1.165, 1.54) is 50.5 Å². The minimum Gasteiger partial charge on any atom is -0.310 e. The standard InChI is InChI=1S/C18H28FN/c1-3-20-18(15-9-7-5-4-6-8-10-15)16-11-12-17(19)14(2)13-16/h11-13,15,18,20H,3-10H2,1-2H3. The lowest BCUT2D eigenvalue weighted by molar-refractivity contribution is 0.291. The van der Waals surface area contributed by atoms with Crippen molar-refractivity contribution in [3.8, 4) is 0 Å². The first-order chi connectivity index (χ1) is 9.72. The Kier molecular flexibility index (Phi) is 6.03. The van der Waals surface area contributed by atoms with Crippen LogP contribution in [0.15, 0.2) is 18.2 Å². The van der Waals surface area contributed by atoms with Gasteiger partial charge in [0, 0.05) is 6.04 Å². The third-order valence-electron chi connectivity index (χ3n) is 4.59. The molecule has 1 aromatic carbocycles. The van der Waals surface area contributed by atoms with Gasteiger partial charge in [0.2, 0.25) is 0 Å². The number of hydrogen-bond donors (Lipinski definition) is 1. The molecular weight excluding hydrogens is 249 g/mol. The van der Waals surface area contributed by atoms with E-state index in [1.54, 1.807) is 6.07 Å². The van der Waals surface area contributed by atoms with E-state index in [0.29, 0.717) is 12.0 Å². The molecule has 0 radical (unpaired) electrons. The Balaban J connectivity index is 2.17. The molecule has 1 aliphatic rings. The zero-order valence-electron chi connectivity index (χ0n) is 12.9. The highest BCUT2D eigenvalue weighted by molar-refractivity contribution is 5.27. The molecule has 1 aromatic rings. The normalized spacial score (nSPS) is 19.4. The number of benzene rings is 1. The van der Waals surface area contributed by atoms with Crippen LogP contribution in [0.2, 0.25) is 0 Å². The van der Waals surface area contributed by atoms with Crippen LogP contribution in [-0.2, 0) is 0 Å². The molecule has 0 saturated heterocycles. The molecule has 0 bridgehead atoms. The Hall–Kier alpha value is -0.890. The summed E-state index contributed by atoms with van der Waals surface area (Å²) >= 11 is 0. The van der Waals surface area contributed by atoms with Crippen LogP contribution in [0.1, 0.15) is 69.0 Å². The Morgan fingerprint density at radius 2 is 1.80 bits per heavy atom. The summed E-state index contributed by atoms with van der Waals surface area (Å²) in [6.45, 7) is 4.99. The fourth-order valence-corrected chi connectivity index (χ4v) is 3.46. The fraction of sp³-hybridized carbons (Fsp3) is 0.667. The molecule has 20 heavy (non-hydrogen) atoms. The molecule has 2 heteroatoms. The molecule has 1 fully saturated rings. The lowest BCUT2D eigenvalue weighted by atomic mass is 9.82. The molecule has 1 aliphatic carbocycles. The summed E-state index contributed by atoms with van der Waals surface area (Å²) in [5, 5.41) is 3.64. The van der Waals surface area contributed by atoms with Gasteiger partial charge in [-0.3, -0.25) is 0 Å². The lowest BCUT2D eigenvalue weighted by Crippen LogP contribution is -2.29. The number of nitrogens with one attached hydrogen (secondary N) is 1. The summed E-state index contributed by atoms with van der Waals surface area (Å²) in [6, 6.07) is 6.01. The van der Waals surface area contributed by atoms with Gasteiger partial charge in [0.05, 0.1) is 0 Å². The van der Waals surface area contributed by atoms with Crippen molar-refractivity contribution in [2.24, 2.45) is 5.92 Å². The van der Waals surface area contributed by atoms with Crippen molar-refractivity contribution in [2.45, 2.75) is 64.8 Å². The van der Waals surface area contributed by atoms with E-state index in [-0.39, 0.29) is 5.82 Å². The van der Waals surface area contributed by atoms with Crippen LogP contribution in [0.3, 0.4) is 0 Å². The van der Waals surface area contributed by atoms with Crippen LogP contribution in [0, 0.1) is 18.7 Å². The highest BCUT2D eigenvalue weighted by atomic mass is 19.1. The topological polar surface area (TPSA) is 12.0 Å². The number of halogens is 1. The zero-order chi connectivity index (χ0) is 14.4. The first-order valence-electron chi connectivity index (χ1n) is 8.21. The van der Waals surface area contributed by atoms with Crippen LogP contribution in [0.25, 0.3) is 0 Å². The highest BCUT2D eigenvalue weighted by Gasteiger charge is 2.23. The van der Waals surface area contributed by atoms with Gasteiger partial charge in [-0.25, -0.2) is 4.39 Å². The molecule has 0 heterocycles. The molecule has 0 amide bonds.